The standard InChI is InChI=1S/C18H16N4O6/c23-17-2-1-11-19(17)12-20(14-7-9-16(10-8-14)22(27)28)18(24)13-3-5-15(6-4-13)21(25)26/h3-10H,1-2,11-12H2. The Labute approximate surface area is 159 Å². The molecule has 2 aromatic carbocycles. The molecule has 0 spiro atoms. The third-order valence-electron chi connectivity index (χ3n) is 4.43. The molecule has 1 heterocycles. The van der Waals surface area contributed by atoms with Crippen molar-refractivity contribution in [1.82, 2.24) is 4.90 Å². The molecule has 1 aliphatic heterocycles. The topological polar surface area (TPSA) is 127 Å². The van der Waals surface area contributed by atoms with E-state index in [1.807, 2.05) is 0 Å². The number of carbonyl (C=O) groups excluding carboxylic acids is 2. The summed E-state index contributed by atoms with van der Waals surface area (Å²) in [4.78, 5) is 48.4. The lowest BCUT2D eigenvalue weighted by Gasteiger charge is -2.28. The monoisotopic (exact) mass is 384 g/mol. The summed E-state index contributed by atoms with van der Waals surface area (Å²) in [5, 5.41) is 21.7. The van der Waals surface area contributed by atoms with Crippen molar-refractivity contribution < 1.29 is 19.4 Å². The fourth-order valence-corrected chi connectivity index (χ4v) is 2.92. The molecule has 0 unspecified atom stereocenters. The van der Waals surface area contributed by atoms with Gasteiger partial charge in [0.05, 0.1) is 9.85 Å². The lowest BCUT2D eigenvalue weighted by molar-refractivity contribution is -0.385. The molecule has 0 aromatic heterocycles. The van der Waals surface area contributed by atoms with Crippen molar-refractivity contribution in [1.29, 1.82) is 0 Å². The third-order valence-corrected chi connectivity index (χ3v) is 4.43. The second kappa shape index (κ2) is 7.82. The van der Waals surface area contributed by atoms with Gasteiger partial charge in [-0.25, -0.2) is 0 Å². The van der Waals surface area contributed by atoms with Crippen LogP contribution >= 0.6 is 0 Å². The van der Waals surface area contributed by atoms with Crippen molar-refractivity contribution in [3.63, 3.8) is 0 Å². The maximum absolute atomic E-state index is 13.0. The number of non-ortho nitro benzene ring substituents is 2. The molecule has 10 heteroatoms. The van der Waals surface area contributed by atoms with Crippen LogP contribution in [0.25, 0.3) is 0 Å². The highest BCUT2D eigenvalue weighted by molar-refractivity contribution is 6.06. The zero-order valence-corrected chi connectivity index (χ0v) is 14.7. The van der Waals surface area contributed by atoms with Crippen LogP contribution in [-0.2, 0) is 4.79 Å². The SMILES string of the molecule is O=C1CCCN1CN(C(=O)c1ccc([N+](=O)[O-])cc1)c1ccc([N+](=O)[O-])cc1. The highest BCUT2D eigenvalue weighted by atomic mass is 16.6. The summed E-state index contributed by atoms with van der Waals surface area (Å²) in [6.45, 7) is 0.502. The van der Waals surface area contributed by atoms with Crippen molar-refractivity contribution in [3.05, 3.63) is 74.3 Å². The fraction of sp³-hybridized carbons (Fsp3) is 0.222. The van der Waals surface area contributed by atoms with Crippen LogP contribution in [0.2, 0.25) is 0 Å². The summed E-state index contributed by atoms with van der Waals surface area (Å²) < 4.78 is 0. The number of likely N-dealkylation sites (tertiary alicyclic amines) is 1. The summed E-state index contributed by atoms with van der Waals surface area (Å²) in [5.74, 6) is -0.549. The molecule has 0 radical (unpaired) electrons. The third kappa shape index (κ3) is 3.95. The Hall–Kier alpha value is -3.82. The number of hydrogen-bond acceptors (Lipinski definition) is 6. The first-order valence-electron chi connectivity index (χ1n) is 8.45. The van der Waals surface area contributed by atoms with Crippen LogP contribution in [0.4, 0.5) is 17.1 Å². The van der Waals surface area contributed by atoms with Crippen LogP contribution in [-0.4, -0.2) is 39.8 Å². The van der Waals surface area contributed by atoms with E-state index >= 15 is 0 Å². The number of nitrogens with zero attached hydrogens (tertiary/aromatic N) is 4. The molecule has 0 N–H and O–H groups in total. The zero-order valence-electron chi connectivity index (χ0n) is 14.7. The van der Waals surface area contributed by atoms with E-state index in [1.165, 1.54) is 58.3 Å². The van der Waals surface area contributed by atoms with Crippen LogP contribution in [0, 0.1) is 20.2 Å². The first-order chi connectivity index (χ1) is 13.4. The molecule has 3 rings (SSSR count). The Morgan fingerprint density at radius 3 is 1.96 bits per heavy atom. The highest BCUT2D eigenvalue weighted by Gasteiger charge is 2.27. The number of carbonyl (C=O) groups is 2. The molecular weight excluding hydrogens is 368 g/mol. The molecule has 2 amide bonds. The van der Waals surface area contributed by atoms with Gasteiger partial charge in [-0.1, -0.05) is 0 Å². The summed E-state index contributed by atoms with van der Waals surface area (Å²) in [7, 11) is 0. The molecule has 1 fully saturated rings. The summed E-state index contributed by atoms with van der Waals surface area (Å²) >= 11 is 0. The van der Waals surface area contributed by atoms with Gasteiger partial charge >= 0.3 is 0 Å². The number of rotatable bonds is 6. The summed E-state index contributed by atoms with van der Waals surface area (Å²) in [6, 6.07) is 10.5. The predicted octanol–water partition coefficient (Wildman–Crippen LogP) is 2.73. The van der Waals surface area contributed by atoms with E-state index in [9.17, 15) is 29.8 Å². The van der Waals surface area contributed by atoms with E-state index in [4.69, 9.17) is 0 Å². The predicted molar refractivity (Wildman–Crippen MR) is 98.8 cm³/mol. The van der Waals surface area contributed by atoms with E-state index < -0.39 is 15.8 Å². The van der Waals surface area contributed by atoms with E-state index in [2.05, 4.69) is 0 Å². The molecule has 2 aromatic rings. The number of anilines is 1. The van der Waals surface area contributed by atoms with Gasteiger partial charge in [0.15, 0.2) is 0 Å². The Morgan fingerprint density at radius 1 is 0.964 bits per heavy atom. The van der Waals surface area contributed by atoms with E-state index in [1.54, 1.807) is 0 Å². The van der Waals surface area contributed by atoms with Crippen molar-refractivity contribution in [2.45, 2.75) is 12.8 Å². The van der Waals surface area contributed by atoms with E-state index in [0.717, 1.165) is 0 Å². The Balaban J connectivity index is 1.92. The van der Waals surface area contributed by atoms with Crippen LogP contribution in [0.5, 0.6) is 0 Å². The molecule has 0 saturated carbocycles. The fourth-order valence-electron chi connectivity index (χ4n) is 2.92. The van der Waals surface area contributed by atoms with Crippen LogP contribution in [0.15, 0.2) is 48.5 Å². The quantitative estimate of drug-likeness (QED) is 0.556. The lowest BCUT2D eigenvalue weighted by Crippen LogP contribution is -2.42. The molecule has 1 saturated heterocycles. The number of benzene rings is 2. The minimum Gasteiger partial charge on any atom is -0.324 e. The highest BCUT2D eigenvalue weighted by Crippen LogP contribution is 2.24. The number of hydrogen-bond donors (Lipinski definition) is 0. The van der Waals surface area contributed by atoms with Gasteiger partial charge in [0.2, 0.25) is 5.91 Å². The molecule has 0 aliphatic carbocycles. The van der Waals surface area contributed by atoms with Crippen molar-refractivity contribution in [2.75, 3.05) is 18.1 Å². The molecule has 28 heavy (non-hydrogen) atoms. The van der Waals surface area contributed by atoms with Gasteiger partial charge in [-0.3, -0.25) is 34.7 Å². The van der Waals surface area contributed by atoms with Crippen molar-refractivity contribution in [3.8, 4) is 0 Å². The second-order valence-electron chi connectivity index (χ2n) is 6.21. The van der Waals surface area contributed by atoms with Crippen LogP contribution in [0.3, 0.4) is 0 Å². The average Bonchev–Trinajstić information content (AvgIpc) is 3.10. The Morgan fingerprint density at radius 2 is 1.50 bits per heavy atom. The van der Waals surface area contributed by atoms with Crippen LogP contribution < -0.4 is 4.90 Å². The largest absolute Gasteiger partial charge is 0.324 e. The molecule has 0 atom stereocenters. The Kier molecular flexibility index (Phi) is 5.30. The molecular formula is C18H16N4O6. The summed E-state index contributed by atoms with van der Waals surface area (Å²) in [6.07, 6.45) is 1.10. The van der Waals surface area contributed by atoms with Gasteiger partial charge in [-0.05, 0) is 30.7 Å². The molecule has 144 valence electrons. The number of amides is 2. The zero-order chi connectivity index (χ0) is 20.3. The first kappa shape index (κ1) is 19.0. The maximum atomic E-state index is 13.0. The number of nitro benzene ring substituents is 2. The molecule has 10 nitrogen and oxygen atoms in total. The van der Waals surface area contributed by atoms with Crippen LogP contribution in [0.1, 0.15) is 23.2 Å². The van der Waals surface area contributed by atoms with Crippen molar-refractivity contribution >= 4 is 28.9 Å². The van der Waals surface area contributed by atoms with E-state index in [0.29, 0.717) is 25.1 Å². The molecule has 0 bridgehead atoms. The van der Waals surface area contributed by atoms with Gasteiger partial charge in [0.1, 0.15) is 6.67 Å². The average molecular weight is 384 g/mol. The van der Waals surface area contributed by atoms with E-state index in [-0.39, 0.29) is 29.5 Å². The lowest BCUT2D eigenvalue weighted by atomic mass is 10.1. The minimum atomic E-state index is -0.564. The normalized spacial score (nSPS) is 13.4. The molecule has 1 aliphatic rings. The second-order valence-corrected chi connectivity index (χ2v) is 6.21. The van der Waals surface area contributed by atoms with Crippen molar-refractivity contribution in [2.24, 2.45) is 0 Å². The number of nitro groups is 2. The minimum absolute atomic E-state index is 0.00748. The van der Waals surface area contributed by atoms with Gasteiger partial charge in [0.25, 0.3) is 17.3 Å². The summed E-state index contributed by atoms with van der Waals surface area (Å²) in [5.41, 5.74) is 0.321. The first-order valence-corrected chi connectivity index (χ1v) is 8.45. The smallest absolute Gasteiger partial charge is 0.269 e. The Bertz CT molecular complexity index is 926. The van der Waals surface area contributed by atoms with Gasteiger partial charge in [0, 0.05) is 48.5 Å². The maximum Gasteiger partial charge on any atom is 0.269 e. The van der Waals surface area contributed by atoms with Gasteiger partial charge in [-0.15, -0.1) is 0 Å². The van der Waals surface area contributed by atoms with Gasteiger partial charge in [-0.2, -0.15) is 0 Å². The van der Waals surface area contributed by atoms with Gasteiger partial charge < -0.3 is 4.90 Å².